The molecule has 1 saturated heterocycles. The van der Waals surface area contributed by atoms with Crippen molar-refractivity contribution >= 4 is 11.9 Å². The Kier molecular flexibility index (Phi) is 3.04. The van der Waals surface area contributed by atoms with E-state index in [1.807, 2.05) is 0 Å². The Morgan fingerprint density at radius 3 is 2.61 bits per heavy atom. The number of imide groups is 1. The second-order valence-electron chi connectivity index (χ2n) is 4.69. The van der Waals surface area contributed by atoms with E-state index in [1.54, 1.807) is 24.7 Å². The number of hydrogen-bond acceptors (Lipinski definition) is 5. The molecule has 8 nitrogen and oxygen atoms in total. The Morgan fingerprint density at radius 2 is 2.11 bits per heavy atom. The Morgan fingerprint density at radius 1 is 1.39 bits per heavy atom. The number of carbonyl (C=O) groups is 2. The SMILES string of the molecule is CC1(C)NC(=O)N(CCn2cc(CN)nn2)C1=O. The molecule has 1 aliphatic heterocycles. The van der Waals surface area contributed by atoms with Gasteiger partial charge in [0.25, 0.3) is 5.91 Å². The molecule has 0 atom stereocenters. The van der Waals surface area contributed by atoms with Crippen LogP contribution < -0.4 is 11.1 Å². The number of nitrogens with one attached hydrogen (secondary N) is 1. The van der Waals surface area contributed by atoms with Gasteiger partial charge in [-0.05, 0) is 13.8 Å². The van der Waals surface area contributed by atoms with Crippen LogP contribution in [-0.4, -0.2) is 43.9 Å². The van der Waals surface area contributed by atoms with Gasteiger partial charge in [0.15, 0.2) is 0 Å². The Bertz CT molecular complexity index is 480. The maximum Gasteiger partial charge on any atom is 0.325 e. The minimum Gasteiger partial charge on any atom is -0.325 e. The summed E-state index contributed by atoms with van der Waals surface area (Å²) in [5, 5.41) is 10.3. The van der Waals surface area contributed by atoms with Crippen molar-refractivity contribution in [1.29, 1.82) is 0 Å². The predicted molar refractivity (Wildman–Crippen MR) is 62.2 cm³/mol. The minimum atomic E-state index is -0.831. The molecule has 0 spiro atoms. The molecular weight excluding hydrogens is 236 g/mol. The third kappa shape index (κ3) is 2.19. The summed E-state index contributed by atoms with van der Waals surface area (Å²) in [6, 6.07) is -0.371. The van der Waals surface area contributed by atoms with Crippen molar-refractivity contribution in [2.24, 2.45) is 5.73 Å². The van der Waals surface area contributed by atoms with Gasteiger partial charge in [0.1, 0.15) is 5.54 Å². The first-order valence-electron chi connectivity index (χ1n) is 5.67. The van der Waals surface area contributed by atoms with Crippen molar-refractivity contribution in [3.05, 3.63) is 11.9 Å². The topological polar surface area (TPSA) is 106 Å². The van der Waals surface area contributed by atoms with Crippen LogP contribution in [0.2, 0.25) is 0 Å². The number of hydrogen-bond donors (Lipinski definition) is 2. The molecule has 8 heteroatoms. The van der Waals surface area contributed by atoms with Crippen LogP contribution in [0.25, 0.3) is 0 Å². The first-order chi connectivity index (χ1) is 8.44. The third-order valence-electron chi connectivity index (χ3n) is 2.79. The molecule has 3 amide bonds. The van der Waals surface area contributed by atoms with Gasteiger partial charge in [0.2, 0.25) is 0 Å². The lowest BCUT2D eigenvalue weighted by Crippen LogP contribution is -2.40. The zero-order chi connectivity index (χ0) is 13.3. The third-order valence-corrected chi connectivity index (χ3v) is 2.79. The lowest BCUT2D eigenvalue weighted by molar-refractivity contribution is -0.130. The van der Waals surface area contributed by atoms with Crippen molar-refractivity contribution in [1.82, 2.24) is 25.2 Å². The second-order valence-corrected chi connectivity index (χ2v) is 4.69. The summed E-state index contributed by atoms with van der Waals surface area (Å²) < 4.78 is 1.56. The highest BCUT2D eigenvalue weighted by molar-refractivity contribution is 6.06. The molecule has 2 rings (SSSR count). The Hall–Kier alpha value is -1.96. The monoisotopic (exact) mass is 252 g/mol. The van der Waals surface area contributed by atoms with Crippen LogP contribution in [0.5, 0.6) is 0 Å². The highest BCUT2D eigenvalue weighted by Gasteiger charge is 2.43. The fourth-order valence-corrected chi connectivity index (χ4v) is 1.76. The van der Waals surface area contributed by atoms with Gasteiger partial charge in [0.05, 0.1) is 18.8 Å². The molecule has 18 heavy (non-hydrogen) atoms. The van der Waals surface area contributed by atoms with Crippen molar-refractivity contribution in [3.8, 4) is 0 Å². The summed E-state index contributed by atoms with van der Waals surface area (Å²) in [5.41, 5.74) is 5.26. The maximum absolute atomic E-state index is 11.9. The summed E-state index contributed by atoms with van der Waals surface area (Å²) in [7, 11) is 0. The average Bonchev–Trinajstić information content (AvgIpc) is 2.82. The molecule has 1 aromatic rings. The lowest BCUT2D eigenvalue weighted by atomic mass is 10.1. The highest BCUT2D eigenvalue weighted by Crippen LogP contribution is 2.16. The molecule has 0 saturated carbocycles. The molecule has 1 aromatic heterocycles. The molecule has 1 fully saturated rings. The van der Waals surface area contributed by atoms with Crippen molar-refractivity contribution in [2.45, 2.75) is 32.5 Å². The summed E-state index contributed by atoms with van der Waals surface area (Å²) in [6.07, 6.45) is 1.70. The largest absolute Gasteiger partial charge is 0.325 e. The zero-order valence-electron chi connectivity index (χ0n) is 10.4. The molecule has 3 N–H and O–H groups in total. The maximum atomic E-state index is 11.9. The van der Waals surface area contributed by atoms with Crippen LogP contribution in [0.15, 0.2) is 6.20 Å². The van der Waals surface area contributed by atoms with E-state index < -0.39 is 5.54 Å². The fraction of sp³-hybridized carbons (Fsp3) is 0.600. The molecular formula is C10H16N6O2. The summed E-state index contributed by atoms with van der Waals surface area (Å²) in [6.45, 7) is 4.34. The van der Waals surface area contributed by atoms with E-state index >= 15 is 0 Å². The number of carbonyl (C=O) groups excluding carboxylic acids is 2. The molecule has 1 aliphatic rings. The number of nitrogens with zero attached hydrogens (tertiary/aromatic N) is 4. The zero-order valence-corrected chi connectivity index (χ0v) is 10.4. The van der Waals surface area contributed by atoms with E-state index in [0.29, 0.717) is 18.8 Å². The highest BCUT2D eigenvalue weighted by atomic mass is 16.2. The minimum absolute atomic E-state index is 0.230. The van der Waals surface area contributed by atoms with E-state index in [1.165, 1.54) is 4.90 Å². The molecule has 0 bridgehead atoms. The van der Waals surface area contributed by atoms with Gasteiger partial charge in [-0.15, -0.1) is 5.10 Å². The molecule has 0 aliphatic carbocycles. The van der Waals surface area contributed by atoms with E-state index in [2.05, 4.69) is 15.6 Å². The first kappa shape index (κ1) is 12.5. The quantitative estimate of drug-likeness (QED) is 0.673. The lowest BCUT2D eigenvalue weighted by Gasteiger charge is -2.15. The fourth-order valence-electron chi connectivity index (χ4n) is 1.76. The second kappa shape index (κ2) is 4.37. The number of rotatable bonds is 4. The molecule has 2 heterocycles. The van der Waals surface area contributed by atoms with Gasteiger partial charge >= 0.3 is 6.03 Å². The van der Waals surface area contributed by atoms with Crippen molar-refractivity contribution < 1.29 is 9.59 Å². The van der Waals surface area contributed by atoms with Crippen molar-refractivity contribution in [3.63, 3.8) is 0 Å². The van der Waals surface area contributed by atoms with E-state index in [-0.39, 0.29) is 18.5 Å². The summed E-state index contributed by atoms with van der Waals surface area (Å²) >= 11 is 0. The number of nitrogens with two attached hydrogens (primary N) is 1. The number of aromatic nitrogens is 3. The summed E-state index contributed by atoms with van der Waals surface area (Å²) in [5.74, 6) is -0.230. The van der Waals surface area contributed by atoms with Gasteiger partial charge in [0, 0.05) is 12.7 Å². The van der Waals surface area contributed by atoms with Crippen molar-refractivity contribution in [2.75, 3.05) is 6.54 Å². The standard InChI is InChI=1S/C10H16N6O2/c1-10(2)8(17)16(9(18)12-10)4-3-15-6-7(5-11)13-14-15/h6H,3-5,11H2,1-2H3,(H,12,18). The first-order valence-corrected chi connectivity index (χ1v) is 5.67. The van der Waals surface area contributed by atoms with E-state index in [0.717, 1.165) is 0 Å². The van der Waals surface area contributed by atoms with Crippen LogP contribution in [0.4, 0.5) is 4.79 Å². The van der Waals surface area contributed by atoms with E-state index in [9.17, 15) is 9.59 Å². The van der Waals surface area contributed by atoms with Crippen LogP contribution in [0.1, 0.15) is 19.5 Å². The van der Waals surface area contributed by atoms with Crippen LogP contribution >= 0.6 is 0 Å². The normalized spacial score (nSPS) is 18.3. The smallest absolute Gasteiger partial charge is 0.325 e. The van der Waals surface area contributed by atoms with Crippen LogP contribution in [-0.2, 0) is 17.9 Å². The molecule has 98 valence electrons. The van der Waals surface area contributed by atoms with Gasteiger partial charge in [-0.3, -0.25) is 14.4 Å². The summed E-state index contributed by atoms with van der Waals surface area (Å²) in [4.78, 5) is 24.7. The average molecular weight is 252 g/mol. The Labute approximate surface area is 104 Å². The predicted octanol–water partition coefficient (Wildman–Crippen LogP) is -0.933. The molecule has 0 radical (unpaired) electrons. The van der Waals surface area contributed by atoms with E-state index in [4.69, 9.17) is 5.73 Å². The number of amides is 3. The Balaban J connectivity index is 1.98. The molecule has 0 aromatic carbocycles. The number of urea groups is 1. The van der Waals surface area contributed by atoms with Gasteiger partial charge in [-0.1, -0.05) is 5.21 Å². The van der Waals surface area contributed by atoms with Crippen LogP contribution in [0, 0.1) is 0 Å². The van der Waals surface area contributed by atoms with Crippen LogP contribution in [0.3, 0.4) is 0 Å². The van der Waals surface area contributed by atoms with Gasteiger partial charge < -0.3 is 11.1 Å². The molecule has 0 unspecified atom stereocenters. The van der Waals surface area contributed by atoms with Gasteiger partial charge in [-0.2, -0.15) is 0 Å². The van der Waals surface area contributed by atoms with Gasteiger partial charge in [-0.25, -0.2) is 4.79 Å².